The van der Waals surface area contributed by atoms with Crippen LogP contribution in [-0.2, 0) is 17.6 Å². The number of benzene rings is 1. The van der Waals surface area contributed by atoms with Gasteiger partial charge in [-0.15, -0.1) is 0 Å². The lowest BCUT2D eigenvalue weighted by Gasteiger charge is -2.29. The zero-order valence-corrected chi connectivity index (χ0v) is 20.5. The summed E-state index contributed by atoms with van der Waals surface area (Å²) in [6.07, 6.45) is 6.14. The SMILES string of the molecule is CCc1ccc(NCC2=CCN(C(=O)OC(C)(C)C)CC2)c(Br)c1CCC(C)C. The van der Waals surface area contributed by atoms with Crippen LogP contribution in [0.25, 0.3) is 0 Å². The van der Waals surface area contributed by atoms with Crippen LogP contribution in [0.2, 0.25) is 0 Å². The molecule has 1 amide bonds. The Labute approximate surface area is 185 Å². The molecule has 1 heterocycles. The summed E-state index contributed by atoms with van der Waals surface area (Å²) in [6.45, 7) is 14.6. The molecule has 0 aromatic heterocycles. The highest BCUT2D eigenvalue weighted by Crippen LogP contribution is 2.32. The second kappa shape index (κ2) is 10.5. The van der Waals surface area contributed by atoms with Crippen LogP contribution < -0.4 is 5.32 Å². The molecule has 0 aliphatic carbocycles. The largest absolute Gasteiger partial charge is 0.444 e. The van der Waals surface area contributed by atoms with Gasteiger partial charge in [-0.3, -0.25) is 0 Å². The Morgan fingerprint density at radius 1 is 1.31 bits per heavy atom. The number of anilines is 1. The molecule has 5 heteroatoms. The smallest absolute Gasteiger partial charge is 0.410 e. The monoisotopic (exact) mass is 464 g/mol. The van der Waals surface area contributed by atoms with E-state index in [2.05, 4.69) is 60.2 Å². The Morgan fingerprint density at radius 2 is 2.03 bits per heavy atom. The molecule has 29 heavy (non-hydrogen) atoms. The molecule has 0 fully saturated rings. The fraction of sp³-hybridized carbons (Fsp3) is 0.625. The number of amides is 1. The van der Waals surface area contributed by atoms with Gasteiger partial charge in [-0.05, 0) is 85.5 Å². The average molecular weight is 465 g/mol. The summed E-state index contributed by atoms with van der Waals surface area (Å²) in [5, 5.41) is 3.59. The zero-order valence-electron chi connectivity index (χ0n) is 18.9. The van der Waals surface area contributed by atoms with Crippen LogP contribution in [0.5, 0.6) is 0 Å². The van der Waals surface area contributed by atoms with Crippen molar-refractivity contribution in [3.63, 3.8) is 0 Å². The van der Waals surface area contributed by atoms with Crippen LogP contribution in [0.3, 0.4) is 0 Å². The van der Waals surface area contributed by atoms with Gasteiger partial charge < -0.3 is 15.0 Å². The van der Waals surface area contributed by atoms with E-state index in [1.54, 1.807) is 4.90 Å². The Hall–Kier alpha value is -1.49. The molecule has 1 aliphatic heterocycles. The molecule has 162 valence electrons. The van der Waals surface area contributed by atoms with Gasteiger partial charge in [0.05, 0.1) is 0 Å². The van der Waals surface area contributed by atoms with E-state index < -0.39 is 5.60 Å². The van der Waals surface area contributed by atoms with E-state index in [1.165, 1.54) is 27.6 Å². The van der Waals surface area contributed by atoms with E-state index in [-0.39, 0.29) is 6.09 Å². The van der Waals surface area contributed by atoms with Gasteiger partial charge in [0.1, 0.15) is 5.60 Å². The Morgan fingerprint density at radius 3 is 2.59 bits per heavy atom. The molecule has 1 aromatic rings. The number of nitrogens with one attached hydrogen (secondary N) is 1. The highest BCUT2D eigenvalue weighted by atomic mass is 79.9. The molecule has 0 radical (unpaired) electrons. The van der Waals surface area contributed by atoms with E-state index in [0.29, 0.717) is 19.0 Å². The number of carbonyl (C=O) groups is 1. The lowest BCUT2D eigenvalue weighted by Crippen LogP contribution is -2.39. The third-order valence-corrected chi connectivity index (χ3v) is 6.06. The van der Waals surface area contributed by atoms with E-state index in [9.17, 15) is 4.79 Å². The molecule has 1 aromatic carbocycles. The fourth-order valence-electron chi connectivity index (χ4n) is 3.41. The average Bonchev–Trinajstić information content (AvgIpc) is 2.64. The van der Waals surface area contributed by atoms with Crippen molar-refractivity contribution < 1.29 is 9.53 Å². The number of halogens is 1. The van der Waals surface area contributed by atoms with Crippen molar-refractivity contribution >= 4 is 27.7 Å². The van der Waals surface area contributed by atoms with E-state index in [0.717, 1.165) is 31.5 Å². The summed E-state index contributed by atoms with van der Waals surface area (Å²) in [5.41, 5.74) is 4.89. The van der Waals surface area contributed by atoms with Crippen LogP contribution in [0.1, 0.15) is 65.5 Å². The van der Waals surface area contributed by atoms with Crippen LogP contribution in [-0.4, -0.2) is 36.2 Å². The Balaban J connectivity index is 1.98. The van der Waals surface area contributed by atoms with Crippen LogP contribution in [0.4, 0.5) is 10.5 Å². The van der Waals surface area contributed by atoms with Crippen molar-refractivity contribution in [3.8, 4) is 0 Å². The normalized spacial score (nSPS) is 14.8. The highest BCUT2D eigenvalue weighted by Gasteiger charge is 2.23. The maximum absolute atomic E-state index is 12.2. The van der Waals surface area contributed by atoms with Crippen LogP contribution in [0, 0.1) is 5.92 Å². The first kappa shape index (κ1) is 23.8. The third-order valence-electron chi connectivity index (χ3n) is 5.15. The molecule has 4 nitrogen and oxygen atoms in total. The summed E-state index contributed by atoms with van der Waals surface area (Å²) in [6, 6.07) is 4.43. The number of nitrogens with zero attached hydrogens (tertiary/aromatic N) is 1. The van der Waals surface area contributed by atoms with Crippen molar-refractivity contribution in [2.45, 2.75) is 72.8 Å². The highest BCUT2D eigenvalue weighted by molar-refractivity contribution is 9.10. The van der Waals surface area contributed by atoms with E-state index in [4.69, 9.17) is 4.74 Å². The van der Waals surface area contributed by atoms with Gasteiger partial charge in [0.25, 0.3) is 0 Å². The number of aryl methyl sites for hydroxylation is 1. The van der Waals surface area contributed by atoms with Crippen molar-refractivity contribution in [2.75, 3.05) is 25.0 Å². The van der Waals surface area contributed by atoms with Crippen molar-refractivity contribution in [2.24, 2.45) is 5.92 Å². The van der Waals surface area contributed by atoms with Crippen LogP contribution >= 0.6 is 15.9 Å². The molecule has 2 rings (SSSR count). The Kier molecular flexibility index (Phi) is 8.62. The number of hydrogen-bond acceptors (Lipinski definition) is 3. The lowest BCUT2D eigenvalue weighted by atomic mass is 9.96. The minimum absolute atomic E-state index is 0.228. The lowest BCUT2D eigenvalue weighted by molar-refractivity contribution is 0.0266. The van der Waals surface area contributed by atoms with Gasteiger partial charge >= 0.3 is 6.09 Å². The first-order chi connectivity index (χ1) is 13.6. The van der Waals surface area contributed by atoms with Gasteiger partial charge in [-0.2, -0.15) is 0 Å². The first-order valence-corrected chi connectivity index (χ1v) is 11.6. The molecule has 1 aliphatic rings. The maximum atomic E-state index is 12.2. The number of rotatable bonds is 7. The van der Waals surface area contributed by atoms with Crippen molar-refractivity contribution in [1.82, 2.24) is 4.90 Å². The minimum atomic E-state index is -0.452. The number of carbonyl (C=O) groups excluding carboxylic acids is 1. The van der Waals surface area contributed by atoms with E-state index >= 15 is 0 Å². The number of ether oxygens (including phenoxy) is 1. The van der Waals surface area contributed by atoms with Gasteiger partial charge in [-0.25, -0.2) is 4.79 Å². The van der Waals surface area contributed by atoms with Crippen LogP contribution in [0.15, 0.2) is 28.3 Å². The number of hydrogen-bond donors (Lipinski definition) is 1. The third kappa shape index (κ3) is 7.36. The van der Waals surface area contributed by atoms with E-state index in [1.807, 2.05) is 20.8 Å². The predicted octanol–water partition coefficient (Wildman–Crippen LogP) is 6.58. The molecule has 0 saturated carbocycles. The standard InChI is InChI=1S/C24H37BrN2O2/c1-7-19-9-11-21(22(25)20(19)10-8-17(2)3)26-16-18-12-14-27(15-13-18)23(28)29-24(4,5)6/h9,11-12,17,26H,7-8,10,13-16H2,1-6H3. The second-order valence-electron chi connectivity index (χ2n) is 9.24. The molecule has 0 bridgehead atoms. The summed E-state index contributed by atoms with van der Waals surface area (Å²) in [4.78, 5) is 14.0. The van der Waals surface area contributed by atoms with Crippen molar-refractivity contribution in [3.05, 3.63) is 39.4 Å². The molecular weight excluding hydrogens is 428 g/mol. The maximum Gasteiger partial charge on any atom is 0.410 e. The van der Waals surface area contributed by atoms with Gasteiger partial charge in [0.15, 0.2) is 0 Å². The summed E-state index contributed by atoms with van der Waals surface area (Å²) >= 11 is 3.85. The van der Waals surface area contributed by atoms with Gasteiger partial charge in [0.2, 0.25) is 0 Å². The van der Waals surface area contributed by atoms with Crippen molar-refractivity contribution in [1.29, 1.82) is 0 Å². The topological polar surface area (TPSA) is 41.6 Å². The Bertz CT molecular complexity index is 735. The molecule has 0 saturated heterocycles. The first-order valence-electron chi connectivity index (χ1n) is 10.8. The predicted molar refractivity (Wildman–Crippen MR) is 126 cm³/mol. The molecule has 0 atom stereocenters. The summed E-state index contributed by atoms with van der Waals surface area (Å²) < 4.78 is 6.67. The fourth-order valence-corrected chi connectivity index (χ4v) is 4.13. The molecule has 0 unspecified atom stereocenters. The molecule has 1 N–H and O–H groups in total. The quantitative estimate of drug-likeness (QED) is 0.463. The molecular formula is C24H37BrN2O2. The van der Waals surface area contributed by atoms with Gasteiger partial charge in [0, 0.05) is 29.8 Å². The minimum Gasteiger partial charge on any atom is -0.444 e. The summed E-state index contributed by atoms with van der Waals surface area (Å²) in [5.74, 6) is 0.698. The summed E-state index contributed by atoms with van der Waals surface area (Å²) in [7, 11) is 0. The molecule has 0 spiro atoms. The zero-order chi connectivity index (χ0) is 21.6. The second-order valence-corrected chi connectivity index (χ2v) is 10.0. The van der Waals surface area contributed by atoms with Gasteiger partial charge in [-0.1, -0.05) is 38.5 Å².